The van der Waals surface area contributed by atoms with E-state index in [1.54, 1.807) is 14.2 Å². The minimum absolute atomic E-state index is 0.907. The van der Waals surface area contributed by atoms with E-state index in [0.29, 0.717) is 0 Å². The fraction of sp³-hybridized carbons (Fsp3) is 0.412. The van der Waals surface area contributed by atoms with Crippen LogP contribution in [0.3, 0.4) is 0 Å². The Bertz CT molecular complexity index is 508. The number of hydrogen-bond acceptors (Lipinski definition) is 2. The third-order valence-electron chi connectivity index (χ3n) is 3.47. The zero-order valence-electron chi connectivity index (χ0n) is 12.9. The van der Waals surface area contributed by atoms with Gasteiger partial charge < -0.3 is 9.47 Å². The van der Waals surface area contributed by atoms with Gasteiger partial charge in [0.25, 0.3) is 0 Å². The lowest BCUT2D eigenvalue weighted by molar-refractivity contribution is -0.701. The molecule has 2 heterocycles. The van der Waals surface area contributed by atoms with Crippen LogP contribution in [0.1, 0.15) is 19.3 Å². The number of nitrogens with zero attached hydrogens (tertiary/aromatic N) is 2. The van der Waals surface area contributed by atoms with Gasteiger partial charge in [0.2, 0.25) is 12.4 Å². The van der Waals surface area contributed by atoms with Crippen LogP contribution in [0.4, 0.5) is 0 Å². The molecule has 0 fully saturated rings. The number of rotatable bonds is 8. The summed E-state index contributed by atoms with van der Waals surface area (Å²) in [5.74, 6) is 1.81. The van der Waals surface area contributed by atoms with Gasteiger partial charge in [-0.05, 0) is 18.6 Å². The molecule has 0 saturated heterocycles. The van der Waals surface area contributed by atoms with Crippen molar-refractivity contribution in [2.45, 2.75) is 32.4 Å². The number of aryl methyl sites for hydroxylation is 2. The molecule has 0 N–H and O–H groups in total. The molecule has 0 atom stereocenters. The maximum Gasteiger partial charge on any atom is 0.211 e. The van der Waals surface area contributed by atoms with Gasteiger partial charge in [0, 0.05) is 25.0 Å². The van der Waals surface area contributed by atoms with Crippen molar-refractivity contribution in [1.29, 1.82) is 0 Å². The Balaban J connectivity index is 1.69. The van der Waals surface area contributed by atoms with Crippen LogP contribution >= 0.6 is 0 Å². The average molecular weight is 288 g/mol. The first-order chi connectivity index (χ1) is 10.3. The van der Waals surface area contributed by atoms with Crippen LogP contribution in [0.2, 0.25) is 0 Å². The quantitative estimate of drug-likeness (QED) is 0.549. The molecular weight excluding hydrogens is 264 g/mol. The highest BCUT2D eigenvalue weighted by Crippen LogP contribution is 2.05. The summed E-state index contributed by atoms with van der Waals surface area (Å²) >= 11 is 0. The third kappa shape index (κ3) is 5.06. The van der Waals surface area contributed by atoms with Gasteiger partial charge in [-0.3, -0.25) is 0 Å². The number of ether oxygens (including phenoxy) is 2. The molecule has 4 heteroatoms. The average Bonchev–Trinajstić information content (AvgIpc) is 2.55. The van der Waals surface area contributed by atoms with Crippen LogP contribution in [0, 0.1) is 0 Å². The normalized spacial score (nSPS) is 10.4. The van der Waals surface area contributed by atoms with E-state index in [4.69, 9.17) is 9.47 Å². The first kappa shape index (κ1) is 15.3. The Hall–Kier alpha value is -2.10. The van der Waals surface area contributed by atoms with Gasteiger partial charge in [-0.2, -0.15) is 0 Å². The van der Waals surface area contributed by atoms with Crippen LogP contribution in [-0.2, 0) is 13.1 Å². The van der Waals surface area contributed by atoms with Crippen molar-refractivity contribution in [3.63, 3.8) is 0 Å². The lowest BCUT2D eigenvalue weighted by atomic mass is 10.2. The van der Waals surface area contributed by atoms with E-state index in [-0.39, 0.29) is 0 Å². The van der Waals surface area contributed by atoms with Gasteiger partial charge in [0.05, 0.1) is 14.2 Å². The SMILES string of the molecule is COc1ccc[n+](CCCCC[n+]2cccc(OC)c2)c1. The zero-order valence-corrected chi connectivity index (χ0v) is 12.9. The number of aromatic nitrogens is 2. The van der Waals surface area contributed by atoms with Crippen molar-refractivity contribution >= 4 is 0 Å². The fourth-order valence-corrected chi connectivity index (χ4v) is 2.28. The Kier molecular flexibility index (Phi) is 6.00. The van der Waals surface area contributed by atoms with Crippen molar-refractivity contribution in [3.8, 4) is 11.5 Å². The van der Waals surface area contributed by atoms with E-state index in [0.717, 1.165) is 24.6 Å². The second-order valence-electron chi connectivity index (χ2n) is 5.02. The molecule has 0 aromatic carbocycles. The second kappa shape index (κ2) is 8.25. The molecule has 112 valence electrons. The summed E-state index contributed by atoms with van der Waals surface area (Å²) in [7, 11) is 3.40. The van der Waals surface area contributed by atoms with Crippen LogP contribution in [0.25, 0.3) is 0 Å². The fourth-order valence-electron chi connectivity index (χ4n) is 2.28. The van der Waals surface area contributed by atoms with Gasteiger partial charge in [-0.1, -0.05) is 0 Å². The molecule has 4 nitrogen and oxygen atoms in total. The van der Waals surface area contributed by atoms with Crippen LogP contribution in [0.5, 0.6) is 11.5 Å². The molecule has 0 unspecified atom stereocenters. The minimum Gasteiger partial charge on any atom is -0.491 e. The summed E-state index contributed by atoms with van der Waals surface area (Å²) < 4.78 is 14.8. The van der Waals surface area contributed by atoms with Gasteiger partial charge in [-0.15, -0.1) is 0 Å². The van der Waals surface area contributed by atoms with Crippen molar-refractivity contribution in [2.75, 3.05) is 14.2 Å². The molecule has 2 aromatic heterocycles. The van der Waals surface area contributed by atoms with E-state index in [1.807, 2.05) is 36.7 Å². The van der Waals surface area contributed by atoms with Crippen LogP contribution in [0.15, 0.2) is 49.1 Å². The van der Waals surface area contributed by atoms with Crippen molar-refractivity contribution in [3.05, 3.63) is 49.1 Å². The molecule has 0 bridgehead atoms. The second-order valence-corrected chi connectivity index (χ2v) is 5.02. The summed E-state index contributed by atoms with van der Waals surface area (Å²) in [4.78, 5) is 0. The largest absolute Gasteiger partial charge is 0.491 e. The summed E-state index contributed by atoms with van der Waals surface area (Å²) in [6, 6.07) is 7.97. The lowest BCUT2D eigenvalue weighted by Gasteiger charge is -2.01. The van der Waals surface area contributed by atoms with Crippen molar-refractivity contribution in [2.24, 2.45) is 0 Å². The molecule has 0 aliphatic carbocycles. The summed E-state index contributed by atoms with van der Waals surface area (Å²) in [6.07, 6.45) is 11.8. The van der Waals surface area contributed by atoms with Gasteiger partial charge in [-0.25, -0.2) is 9.13 Å². The lowest BCUT2D eigenvalue weighted by Crippen LogP contribution is -2.34. The van der Waals surface area contributed by atoms with Crippen LogP contribution in [-0.4, -0.2) is 14.2 Å². The van der Waals surface area contributed by atoms with Gasteiger partial charge >= 0.3 is 0 Å². The molecule has 0 spiro atoms. The first-order valence-electron chi connectivity index (χ1n) is 7.38. The van der Waals surface area contributed by atoms with Crippen molar-refractivity contribution < 1.29 is 18.6 Å². The Morgan fingerprint density at radius 3 is 1.67 bits per heavy atom. The van der Waals surface area contributed by atoms with E-state index >= 15 is 0 Å². The van der Waals surface area contributed by atoms with E-state index in [2.05, 4.69) is 21.5 Å². The molecule has 0 radical (unpaired) electrons. The van der Waals surface area contributed by atoms with Gasteiger partial charge in [0.1, 0.15) is 13.1 Å². The Labute approximate surface area is 126 Å². The zero-order chi connectivity index (χ0) is 14.9. The van der Waals surface area contributed by atoms with E-state index in [9.17, 15) is 0 Å². The van der Waals surface area contributed by atoms with E-state index in [1.165, 1.54) is 19.3 Å². The van der Waals surface area contributed by atoms with Gasteiger partial charge in [0.15, 0.2) is 23.9 Å². The maximum atomic E-state index is 5.23. The molecule has 2 aromatic rings. The summed E-state index contributed by atoms with van der Waals surface area (Å²) in [5.41, 5.74) is 0. The third-order valence-corrected chi connectivity index (χ3v) is 3.47. The Morgan fingerprint density at radius 2 is 1.24 bits per heavy atom. The molecule has 0 aliphatic heterocycles. The smallest absolute Gasteiger partial charge is 0.211 e. The standard InChI is InChI=1S/C17H24N2O2/c1-20-16-8-6-12-18(14-16)10-4-3-5-11-19-13-7-9-17(15-19)21-2/h6-9,12-15H,3-5,10-11H2,1-2H3/q+2. The maximum absolute atomic E-state index is 5.23. The van der Waals surface area contributed by atoms with Crippen molar-refractivity contribution in [1.82, 2.24) is 0 Å². The number of methoxy groups -OCH3 is 2. The predicted octanol–water partition coefficient (Wildman–Crippen LogP) is 2.15. The first-order valence-corrected chi connectivity index (χ1v) is 7.38. The topological polar surface area (TPSA) is 26.2 Å². The summed E-state index contributed by atoms with van der Waals surface area (Å²) in [5, 5.41) is 0. The monoisotopic (exact) mass is 288 g/mol. The Morgan fingerprint density at radius 1 is 0.762 bits per heavy atom. The number of pyridine rings is 2. The number of unbranched alkanes of at least 4 members (excludes halogenated alkanes) is 2. The molecule has 0 saturated carbocycles. The minimum atomic E-state index is 0.907. The summed E-state index contributed by atoms with van der Waals surface area (Å²) in [6.45, 7) is 2.06. The molecule has 21 heavy (non-hydrogen) atoms. The molecule has 0 aliphatic rings. The van der Waals surface area contributed by atoms with E-state index < -0.39 is 0 Å². The molecular formula is C17H24N2O2+2. The highest BCUT2D eigenvalue weighted by atomic mass is 16.5. The highest BCUT2D eigenvalue weighted by Gasteiger charge is 2.05. The number of hydrogen-bond donors (Lipinski definition) is 0. The molecule has 2 rings (SSSR count). The molecule has 0 amide bonds. The van der Waals surface area contributed by atoms with Crippen LogP contribution < -0.4 is 18.6 Å². The predicted molar refractivity (Wildman–Crippen MR) is 80.2 cm³/mol. The highest BCUT2D eigenvalue weighted by molar-refractivity contribution is 5.12.